The zero-order valence-corrected chi connectivity index (χ0v) is 24.6. The number of ketones is 1. The number of anilines is 1. The highest BCUT2D eigenvalue weighted by molar-refractivity contribution is 7.92. The van der Waals surface area contributed by atoms with Gasteiger partial charge in [-0.2, -0.15) is 0 Å². The summed E-state index contributed by atoms with van der Waals surface area (Å²) in [6.45, 7) is 0.883. The van der Waals surface area contributed by atoms with Crippen molar-refractivity contribution in [3.05, 3.63) is 108 Å². The molecule has 0 aliphatic rings. The lowest BCUT2D eigenvalue weighted by Crippen LogP contribution is -2.23. The smallest absolute Gasteiger partial charge is 0.340 e. The van der Waals surface area contributed by atoms with Crippen LogP contribution in [0.3, 0.4) is 0 Å². The molecule has 4 aromatic rings. The highest BCUT2D eigenvalue weighted by atomic mass is 35.5. The number of nitrogens with one attached hydrogen (secondary N) is 1. The maximum absolute atomic E-state index is 13.4. The summed E-state index contributed by atoms with van der Waals surface area (Å²) in [6, 6.07) is 14.8. The second-order valence-electron chi connectivity index (χ2n) is 8.43. The predicted molar refractivity (Wildman–Crippen MR) is 154 cm³/mol. The first-order chi connectivity index (χ1) is 18.8. The first-order valence-electron chi connectivity index (χ1n) is 11.3. The summed E-state index contributed by atoms with van der Waals surface area (Å²) in [5, 5.41) is -0.127. The van der Waals surface area contributed by atoms with Gasteiger partial charge in [0.2, 0.25) is 0 Å². The summed E-state index contributed by atoms with van der Waals surface area (Å²) in [6.07, 6.45) is 0. The molecular formula is C26H19Cl4N3O6S. The molecule has 9 nitrogen and oxygen atoms in total. The van der Waals surface area contributed by atoms with Crippen molar-refractivity contribution in [1.82, 2.24) is 9.36 Å². The average Bonchev–Trinajstić information content (AvgIpc) is 3.11. The van der Waals surface area contributed by atoms with Crippen LogP contribution in [0.25, 0.3) is 5.69 Å². The molecule has 0 fully saturated rings. The number of hydrogen-bond donors (Lipinski definition) is 1. The summed E-state index contributed by atoms with van der Waals surface area (Å²) in [5.41, 5.74) is -0.207. The fourth-order valence-corrected chi connectivity index (χ4v) is 5.99. The number of para-hydroxylation sites is 1. The Morgan fingerprint density at radius 1 is 0.900 bits per heavy atom. The first kappa shape index (κ1) is 29.7. The average molecular weight is 643 g/mol. The number of ether oxygens (including phenoxy) is 1. The lowest BCUT2D eigenvalue weighted by atomic mass is 10.1. The summed E-state index contributed by atoms with van der Waals surface area (Å²) in [4.78, 5) is 37.8. The predicted octanol–water partition coefficient (Wildman–Crippen LogP) is 5.94. The SMILES string of the molecule is Cc1c(NS(=O)(=O)c2cc(C(=O)OCC(=O)c3ccc(Cl)c(Cl)c3)c(Cl)cc2Cl)c(=O)n(-c2ccccc2)n1C. The topological polar surface area (TPSA) is 116 Å². The second-order valence-corrected chi connectivity index (χ2v) is 11.7. The van der Waals surface area contributed by atoms with Crippen molar-refractivity contribution in [3.8, 4) is 5.69 Å². The number of halogens is 4. The van der Waals surface area contributed by atoms with E-state index in [0.29, 0.717) is 11.4 Å². The quantitative estimate of drug-likeness (QED) is 0.188. The van der Waals surface area contributed by atoms with E-state index in [-0.39, 0.29) is 36.9 Å². The molecule has 208 valence electrons. The van der Waals surface area contributed by atoms with E-state index < -0.39 is 38.8 Å². The summed E-state index contributed by atoms with van der Waals surface area (Å²) >= 11 is 24.1. The van der Waals surface area contributed by atoms with Crippen molar-refractivity contribution in [2.24, 2.45) is 7.05 Å². The third-order valence-electron chi connectivity index (χ3n) is 5.90. The van der Waals surface area contributed by atoms with Gasteiger partial charge in [-0.15, -0.1) is 0 Å². The van der Waals surface area contributed by atoms with Crippen LogP contribution < -0.4 is 10.3 Å². The number of rotatable bonds is 8. The van der Waals surface area contributed by atoms with Crippen LogP contribution in [0.1, 0.15) is 26.4 Å². The number of Topliss-reactive ketones (excluding diaryl/α,β-unsaturated/α-hetero) is 1. The van der Waals surface area contributed by atoms with E-state index in [0.717, 1.165) is 12.1 Å². The molecule has 40 heavy (non-hydrogen) atoms. The zero-order valence-electron chi connectivity index (χ0n) is 20.7. The van der Waals surface area contributed by atoms with Crippen LogP contribution in [0, 0.1) is 6.92 Å². The number of esters is 1. The molecule has 0 atom stereocenters. The number of aromatic nitrogens is 2. The van der Waals surface area contributed by atoms with Crippen LogP contribution in [0.15, 0.2) is 70.4 Å². The molecule has 14 heteroatoms. The van der Waals surface area contributed by atoms with Crippen LogP contribution in [0.4, 0.5) is 5.69 Å². The zero-order chi connectivity index (χ0) is 29.4. The third-order valence-corrected chi connectivity index (χ3v) is 8.76. The molecule has 0 aliphatic heterocycles. The van der Waals surface area contributed by atoms with Gasteiger partial charge in [0.1, 0.15) is 10.6 Å². The fraction of sp³-hybridized carbons (Fsp3) is 0.115. The van der Waals surface area contributed by atoms with Crippen LogP contribution in [0.5, 0.6) is 0 Å². The maximum atomic E-state index is 13.4. The molecule has 0 saturated heterocycles. The van der Waals surface area contributed by atoms with E-state index in [2.05, 4.69) is 4.72 Å². The Labute approximate surface area is 248 Å². The Kier molecular flexibility index (Phi) is 8.67. The molecule has 3 aromatic carbocycles. The number of carbonyl (C=O) groups excluding carboxylic acids is 2. The van der Waals surface area contributed by atoms with E-state index in [4.69, 9.17) is 51.1 Å². The van der Waals surface area contributed by atoms with Crippen molar-refractivity contribution >= 4 is 73.9 Å². The van der Waals surface area contributed by atoms with E-state index in [9.17, 15) is 22.8 Å². The summed E-state index contributed by atoms with van der Waals surface area (Å²) in [5.74, 6) is -1.66. The van der Waals surface area contributed by atoms with Crippen molar-refractivity contribution in [2.75, 3.05) is 11.3 Å². The van der Waals surface area contributed by atoms with Gasteiger partial charge in [0.25, 0.3) is 15.6 Å². The van der Waals surface area contributed by atoms with Gasteiger partial charge in [0.15, 0.2) is 12.4 Å². The molecule has 1 heterocycles. The van der Waals surface area contributed by atoms with Crippen molar-refractivity contribution in [3.63, 3.8) is 0 Å². The number of nitrogens with zero attached hydrogens (tertiary/aromatic N) is 2. The highest BCUT2D eigenvalue weighted by Crippen LogP contribution is 2.31. The normalized spacial score (nSPS) is 11.3. The van der Waals surface area contributed by atoms with Gasteiger partial charge in [-0.25, -0.2) is 17.9 Å². The van der Waals surface area contributed by atoms with E-state index in [1.807, 2.05) is 0 Å². The number of hydrogen-bond acceptors (Lipinski definition) is 6. The molecule has 0 aliphatic carbocycles. The third kappa shape index (κ3) is 5.91. The van der Waals surface area contributed by atoms with Gasteiger partial charge < -0.3 is 4.74 Å². The van der Waals surface area contributed by atoms with Crippen LogP contribution >= 0.6 is 46.4 Å². The number of benzene rings is 3. The monoisotopic (exact) mass is 641 g/mol. The number of carbonyl (C=O) groups is 2. The van der Waals surface area contributed by atoms with Crippen LogP contribution in [-0.2, 0) is 21.8 Å². The Balaban J connectivity index is 1.61. The molecule has 0 radical (unpaired) electrons. The molecule has 0 unspecified atom stereocenters. The Bertz CT molecular complexity index is 1820. The van der Waals surface area contributed by atoms with Gasteiger partial charge in [0.05, 0.1) is 37.0 Å². The number of sulfonamides is 1. The molecule has 4 rings (SSSR count). The summed E-state index contributed by atoms with van der Waals surface area (Å²) < 4.78 is 36.8. The molecule has 0 amide bonds. The molecule has 1 N–H and O–H groups in total. The van der Waals surface area contributed by atoms with E-state index in [1.165, 1.54) is 27.6 Å². The lowest BCUT2D eigenvalue weighted by molar-refractivity contribution is 0.0474. The van der Waals surface area contributed by atoms with E-state index >= 15 is 0 Å². The Morgan fingerprint density at radius 3 is 2.23 bits per heavy atom. The van der Waals surface area contributed by atoms with Gasteiger partial charge in [-0.05, 0) is 49.4 Å². The van der Waals surface area contributed by atoms with Crippen LogP contribution in [-0.4, -0.2) is 36.1 Å². The standard InChI is InChI=1S/C26H19Cl4N3O6S/c1-14-24(25(35)33(32(14)2)16-6-4-3-5-7-16)31-40(37,38)23-11-17(19(28)12-21(23)30)26(36)39-13-22(34)15-8-9-18(27)20(29)10-15/h3-12,31H,13H2,1-2H3. The van der Waals surface area contributed by atoms with Crippen molar-refractivity contribution in [1.29, 1.82) is 0 Å². The Morgan fingerprint density at radius 2 is 1.57 bits per heavy atom. The summed E-state index contributed by atoms with van der Waals surface area (Å²) in [7, 11) is -2.90. The first-order valence-corrected chi connectivity index (χ1v) is 14.3. The minimum absolute atomic E-state index is 0.145. The second kappa shape index (κ2) is 11.7. The van der Waals surface area contributed by atoms with Gasteiger partial charge >= 0.3 is 5.97 Å². The fourth-order valence-electron chi connectivity index (χ4n) is 3.73. The molecule has 1 aromatic heterocycles. The lowest BCUT2D eigenvalue weighted by Gasteiger charge is -2.12. The Hall–Kier alpha value is -3.28. The molecule has 0 spiro atoms. The van der Waals surface area contributed by atoms with Gasteiger partial charge in [-0.1, -0.05) is 64.6 Å². The molecule has 0 bridgehead atoms. The minimum atomic E-state index is -4.50. The highest BCUT2D eigenvalue weighted by Gasteiger charge is 2.27. The van der Waals surface area contributed by atoms with E-state index in [1.54, 1.807) is 44.3 Å². The maximum Gasteiger partial charge on any atom is 0.340 e. The van der Waals surface area contributed by atoms with Crippen LogP contribution in [0.2, 0.25) is 20.1 Å². The minimum Gasteiger partial charge on any atom is -0.454 e. The van der Waals surface area contributed by atoms with Crippen molar-refractivity contribution < 1.29 is 22.7 Å². The molecular weight excluding hydrogens is 624 g/mol. The van der Waals surface area contributed by atoms with Gasteiger partial charge in [-0.3, -0.25) is 19.0 Å². The van der Waals surface area contributed by atoms with Gasteiger partial charge in [0, 0.05) is 12.6 Å². The largest absolute Gasteiger partial charge is 0.454 e. The van der Waals surface area contributed by atoms with Crippen molar-refractivity contribution in [2.45, 2.75) is 11.8 Å². The molecule has 0 saturated carbocycles.